The number of fused-ring (bicyclic) bond motifs is 3. The number of anilines is 1. The number of rotatable bonds is 6. The lowest BCUT2D eigenvalue weighted by atomic mass is 10.0. The number of hydrogen-bond acceptors (Lipinski definition) is 7. The lowest BCUT2D eigenvalue weighted by Gasteiger charge is -2.29. The van der Waals surface area contributed by atoms with Gasteiger partial charge in [0.25, 0.3) is 5.91 Å². The minimum Gasteiger partial charge on any atom is -0.383 e. The van der Waals surface area contributed by atoms with Crippen molar-refractivity contribution in [1.82, 2.24) is 20.1 Å². The summed E-state index contributed by atoms with van der Waals surface area (Å²) in [5.74, 6) is -0.0889. The molecule has 0 aliphatic carbocycles. The molecule has 1 aromatic carbocycles. The average molecular weight is 496 g/mol. The van der Waals surface area contributed by atoms with E-state index in [4.69, 9.17) is 26.8 Å². The Hall–Kier alpha value is -3.02. The van der Waals surface area contributed by atoms with Crippen molar-refractivity contribution in [3.63, 3.8) is 0 Å². The van der Waals surface area contributed by atoms with Crippen LogP contribution in [0.5, 0.6) is 0 Å². The minimum absolute atomic E-state index is 0.0932. The number of hydrogen-bond donors (Lipinski definition) is 1. The number of pyridine rings is 1. The molecule has 0 radical (unpaired) electrons. The van der Waals surface area contributed by atoms with Crippen molar-refractivity contribution in [1.29, 1.82) is 0 Å². The topological polar surface area (TPSA) is 103 Å². The van der Waals surface area contributed by atoms with E-state index in [0.717, 1.165) is 17.2 Å². The number of nitrogens with zero attached hydrogens (tertiary/aromatic N) is 4. The maximum absolute atomic E-state index is 13.6. The first-order valence-electron chi connectivity index (χ1n) is 10.3. The summed E-state index contributed by atoms with van der Waals surface area (Å²) >= 11 is 6.46. The molecule has 0 spiro atoms. The second kappa shape index (κ2) is 9.32. The first-order valence-corrected chi connectivity index (χ1v) is 10.7. The number of methoxy groups -OCH3 is 1. The Kier molecular flexibility index (Phi) is 6.61. The molecule has 0 unspecified atom stereocenters. The van der Waals surface area contributed by atoms with E-state index in [1.54, 1.807) is 19.1 Å². The number of alkyl halides is 3. The number of aromatic nitrogens is 3. The third-order valence-electron chi connectivity index (χ3n) is 5.59. The molecule has 0 fully saturated rings. The van der Waals surface area contributed by atoms with Crippen LogP contribution in [0, 0.1) is 0 Å². The summed E-state index contributed by atoms with van der Waals surface area (Å²) in [7, 11) is 1.49. The van der Waals surface area contributed by atoms with E-state index >= 15 is 0 Å². The molecule has 2 aromatic heterocycles. The number of halogens is 4. The summed E-state index contributed by atoms with van der Waals surface area (Å²) in [6.07, 6.45) is -4.61. The van der Waals surface area contributed by atoms with Gasteiger partial charge < -0.3 is 20.1 Å². The van der Waals surface area contributed by atoms with Gasteiger partial charge >= 0.3 is 6.18 Å². The fourth-order valence-corrected chi connectivity index (χ4v) is 4.08. The fourth-order valence-electron chi connectivity index (χ4n) is 3.84. The van der Waals surface area contributed by atoms with Crippen molar-refractivity contribution in [3.8, 4) is 0 Å². The largest absolute Gasteiger partial charge is 0.435 e. The van der Waals surface area contributed by atoms with Crippen LogP contribution in [0.3, 0.4) is 0 Å². The van der Waals surface area contributed by atoms with E-state index in [-0.39, 0.29) is 29.4 Å². The van der Waals surface area contributed by atoms with Gasteiger partial charge in [0.15, 0.2) is 5.69 Å². The van der Waals surface area contributed by atoms with Gasteiger partial charge in [0.2, 0.25) is 0 Å². The molecular formula is C22H21ClF3N5O3. The van der Waals surface area contributed by atoms with E-state index in [2.05, 4.69) is 15.2 Å². The van der Waals surface area contributed by atoms with Gasteiger partial charge in [-0.3, -0.25) is 4.79 Å². The van der Waals surface area contributed by atoms with Gasteiger partial charge in [-0.05, 0) is 36.8 Å². The number of nitrogen functional groups attached to an aromatic ring is 1. The van der Waals surface area contributed by atoms with E-state index in [1.165, 1.54) is 18.1 Å². The number of carbonyl (C=O) groups is 1. The second-order valence-electron chi connectivity index (χ2n) is 7.94. The van der Waals surface area contributed by atoms with Gasteiger partial charge in [0.1, 0.15) is 5.82 Å². The molecule has 34 heavy (non-hydrogen) atoms. The molecule has 0 saturated carbocycles. The number of amides is 1. The highest BCUT2D eigenvalue weighted by atomic mass is 35.5. The molecule has 0 bridgehead atoms. The van der Waals surface area contributed by atoms with Crippen LogP contribution in [0.15, 0.2) is 24.3 Å². The van der Waals surface area contributed by atoms with Gasteiger partial charge in [-0.1, -0.05) is 11.6 Å². The van der Waals surface area contributed by atoms with Crippen LogP contribution in [0.4, 0.5) is 19.0 Å². The lowest BCUT2D eigenvalue weighted by Crippen LogP contribution is -2.41. The van der Waals surface area contributed by atoms with Crippen LogP contribution in [0.2, 0.25) is 5.02 Å². The molecular weight excluding hydrogens is 475 g/mol. The molecule has 3 aromatic rings. The molecule has 0 saturated heterocycles. The van der Waals surface area contributed by atoms with Gasteiger partial charge in [-0.2, -0.15) is 18.3 Å². The first kappa shape index (κ1) is 24.1. The van der Waals surface area contributed by atoms with Crippen LogP contribution in [-0.4, -0.2) is 45.7 Å². The summed E-state index contributed by atoms with van der Waals surface area (Å²) < 4.78 is 49.2. The first-order chi connectivity index (χ1) is 16.1. The minimum atomic E-state index is -4.61. The normalized spacial score (nSPS) is 14.3. The summed E-state index contributed by atoms with van der Waals surface area (Å²) in [5.41, 5.74) is 7.46. The summed E-state index contributed by atoms with van der Waals surface area (Å²) in [4.78, 5) is 19.4. The Morgan fingerprint density at radius 1 is 1.26 bits per heavy atom. The molecule has 1 amide bonds. The average Bonchev–Trinajstić information content (AvgIpc) is 3.27. The molecule has 2 N–H and O–H groups in total. The van der Waals surface area contributed by atoms with Crippen molar-refractivity contribution in [2.24, 2.45) is 0 Å². The zero-order valence-corrected chi connectivity index (χ0v) is 19.1. The zero-order chi connectivity index (χ0) is 24.6. The Morgan fingerprint density at radius 3 is 2.65 bits per heavy atom. The third-order valence-corrected chi connectivity index (χ3v) is 5.90. The molecule has 1 atom stereocenters. The Bertz CT molecular complexity index is 1240. The lowest BCUT2D eigenvalue weighted by molar-refractivity contribution is -0.141. The highest BCUT2D eigenvalue weighted by Gasteiger charge is 2.33. The van der Waals surface area contributed by atoms with Crippen LogP contribution < -0.4 is 5.73 Å². The Balaban J connectivity index is 1.71. The van der Waals surface area contributed by atoms with Crippen molar-refractivity contribution in [3.05, 3.63) is 57.4 Å². The van der Waals surface area contributed by atoms with Crippen molar-refractivity contribution in [2.45, 2.75) is 38.9 Å². The quantitative estimate of drug-likeness (QED) is 0.551. The van der Waals surface area contributed by atoms with Crippen molar-refractivity contribution < 1.29 is 27.4 Å². The third kappa shape index (κ3) is 4.63. The molecule has 4 rings (SSSR count). The highest BCUT2D eigenvalue weighted by molar-refractivity contribution is 6.34. The smallest absolute Gasteiger partial charge is 0.383 e. The monoisotopic (exact) mass is 495 g/mol. The molecule has 8 nitrogen and oxygen atoms in total. The van der Waals surface area contributed by atoms with E-state index in [9.17, 15) is 18.0 Å². The van der Waals surface area contributed by atoms with Crippen molar-refractivity contribution >= 4 is 34.2 Å². The number of benzene rings is 1. The summed E-state index contributed by atoms with van der Waals surface area (Å²) in [5, 5.41) is 7.76. The molecule has 180 valence electrons. The van der Waals surface area contributed by atoms with Crippen molar-refractivity contribution in [2.75, 3.05) is 19.5 Å². The van der Waals surface area contributed by atoms with Gasteiger partial charge in [0, 0.05) is 18.1 Å². The second-order valence-corrected chi connectivity index (χ2v) is 8.35. The number of ether oxygens (including phenoxy) is 2. The van der Waals surface area contributed by atoms with E-state index in [1.807, 2.05) is 0 Å². The summed E-state index contributed by atoms with van der Waals surface area (Å²) in [6.45, 7) is 2.51. The Morgan fingerprint density at radius 2 is 2.00 bits per heavy atom. The van der Waals surface area contributed by atoms with E-state index < -0.39 is 23.8 Å². The van der Waals surface area contributed by atoms with Crippen LogP contribution in [0.1, 0.15) is 39.8 Å². The predicted molar refractivity (Wildman–Crippen MR) is 118 cm³/mol. The zero-order valence-electron chi connectivity index (χ0n) is 18.3. The van der Waals surface area contributed by atoms with Gasteiger partial charge in [-0.15, -0.1) is 5.10 Å². The predicted octanol–water partition coefficient (Wildman–Crippen LogP) is 3.99. The Labute approximate surface area is 197 Å². The fraction of sp³-hybridized carbons (Fsp3) is 0.364. The molecule has 3 heterocycles. The molecule has 1 aliphatic rings. The van der Waals surface area contributed by atoms with Crippen LogP contribution in [-0.2, 0) is 35.4 Å². The standard InChI is InChI=1S/C22H21ClF3N5O3/c1-11(8-33-2)31(7-12-3-4-19(30-29-12)22(24,25)26)21(32)14-5-13-15-9-34-10-16(15)20(27)28-18(13)6-17(14)23/h3-6,11H,7-10H2,1-2H3,(H2,27,28)/t11-/m1/s1. The SMILES string of the molecule is COC[C@@H](C)N(Cc1ccc(C(F)(F)F)nn1)C(=O)c1cc2c3c(c(N)nc2cc1Cl)COC3. The van der Waals surface area contributed by atoms with E-state index in [0.29, 0.717) is 29.9 Å². The maximum atomic E-state index is 13.6. The molecule has 1 aliphatic heterocycles. The number of carbonyl (C=O) groups excluding carboxylic acids is 1. The maximum Gasteiger partial charge on any atom is 0.435 e. The summed E-state index contributed by atoms with van der Waals surface area (Å²) in [6, 6.07) is 4.79. The van der Waals surface area contributed by atoms with Crippen LogP contribution >= 0.6 is 11.6 Å². The van der Waals surface area contributed by atoms with Gasteiger partial charge in [0.05, 0.1) is 54.2 Å². The van der Waals surface area contributed by atoms with Gasteiger partial charge in [-0.25, -0.2) is 4.98 Å². The van der Waals surface area contributed by atoms with Crippen LogP contribution in [0.25, 0.3) is 10.9 Å². The number of nitrogens with two attached hydrogens (primary N) is 1. The molecule has 12 heteroatoms. The highest BCUT2D eigenvalue weighted by Crippen LogP contribution is 2.34.